The maximum absolute atomic E-state index is 13.1. The Hall–Kier alpha value is -2.37. The van der Waals surface area contributed by atoms with Gasteiger partial charge in [0, 0.05) is 11.1 Å². The molecule has 25 heavy (non-hydrogen) atoms. The van der Waals surface area contributed by atoms with Gasteiger partial charge in [-0.05, 0) is 51.0 Å². The largest absolute Gasteiger partial charge is 0.494 e. The van der Waals surface area contributed by atoms with Gasteiger partial charge in [0.25, 0.3) is 0 Å². The lowest BCUT2D eigenvalue weighted by atomic mass is 9.57. The molecule has 2 aliphatic rings. The van der Waals surface area contributed by atoms with E-state index in [2.05, 4.69) is 5.32 Å². The average Bonchev–Trinajstić information content (AvgIpc) is 2.70. The van der Waals surface area contributed by atoms with Crippen LogP contribution in [0.5, 0.6) is 5.75 Å². The number of carbonyl (C=O) groups excluding carboxylic acids is 3. The van der Waals surface area contributed by atoms with Crippen LogP contribution >= 0.6 is 0 Å². The fourth-order valence-electron chi connectivity index (χ4n) is 4.06. The lowest BCUT2D eigenvalue weighted by Crippen LogP contribution is -2.60. The van der Waals surface area contributed by atoms with Gasteiger partial charge in [0.1, 0.15) is 5.75 Å². The van der Waals surface area contributed by atoms with Crippen LogP contribution in [0.2, 0.25) is 0 Å². The highest BCUT2D eigenvalue weighted by Crippen LogP contribution is 2.66. The summed E-state index contributed by atoms with van der Waals surface area (Å²) in [6.07, 6.45) is 0.741. The van der Waals surface area contributed by atoms with Gasteiger partial charge in [-0.1, -0.05) is 13.8 Å². The van der Waals surface area contributed by atoms with E-state index in [1.165, 1.54) is 0 Å². The van der Waals surface area contributed by atoms with E-state index in [1.807, 2.05) is 6.92 Å². The van der Waals surface area contributed by atoms with Crippen molar-refractivity contribution in [3.8, 4) is 5.75 Å². The quantitative estimate of drug-likeness (QED) is 0.670. The van der Waals surface area contributed by atoms with Crippen LogP contribution in [-0.4, -0.2) is 24.5 Å². The lowest BCUT2D eigenvalue weighted by Gasteiger charge is -2.48. The number of hydrogen-bond acceptors (Lipinski definition) is 5. The highest BCUT2D eigenvalue weighted by Gasteiger charge is 2.75. The second-order valence-corrected chi connectivity index (χ2v) is 7.45. The summed E-state index contributed by atoms with van der Waals surface area (Å²) in [5, 5.41) is 2.81. The third kappa shape index (κ3) is 2.19. The van der Waals surface area contributed by atoms with Gasteiger partial charge in [-0.15, -0.1) is 0 Å². The van der Waals surface area contributed by atoms with Crippen molar-refractivity contribution in [3.05, 3.63) is 24.3 Å². The number of cyclic esters (lactones) is 2. The smallest absolute Gasteiger partial charge is 0.329 e. The molecule has 0 aromatic heterocycles. The predicted molar refractivity (Wildman–Crippen MR) is 90.9 cm³/mol. The molecule has 0 radical (unpaired) electrons. The minimum atomic E-state index is -1.37. The number of fused-ring (bicyclic) bond motifs is 2. The number of nitrogens with one attached hydrogen (secondary N) is 1. The van der Waals surface area contributed by atoms with Crippen LogP contribution in [0.3, 0.4) is 0 Å². The molecule has 1 aromatic carbocycles. The van der Waals surface area contributed by atoms with Gasteiger partial charge in [0.15, 0.2) is 5.41 Å². The lowest BCUT2D eigenvalue weighted by molar-refractivity contribution is -0.195. The van der Waals surface area contributed by atoms with Gasteiger partial charge in [0.05, 0.1) is 12.0 Å². The van der Waals surface area contributed by atoms with Crippen LogP contribution in [0.4, 0.5) is 5.69 Å². The Morgan fingerprint density at radius 3 is 2.36 bits per heavy atom. The Bertz CT molecular complexity index is 739. The fourth-order valence-corrected chi connectivity index (χ4v) is 4.06. The van der Waals surface area contributed by atoms with E-state index in [1.54, 1.807) is 45.0 Å². The minimum Gasteiger partial charge on any atom is -0.494 e. The van der Waals surface area contributed by atoms with Crippen LogP contribution in [-0.2, 0) is 19.1 Å². The molecule has 1 saturated carbocycles. The molecule has 2 bridgehead atoms. The normalized spacial score (nSPS) is 29.9. The SMILES string of the molecule is CCOc1ccc(NC(=O)C23CCC(C)(C(=O)OC2=O)C3(C)C)cc1. The Balaban J connectivity index is 1.90. The zero-order chi connectivity index (χ0) is 18.5. The molecule has 3 rings (SSSR count). The number of amides is 1. The van der Waals surface area contributed by atoms with Gasteiger partial charge in [-0.2, -0.15) is 0 Å². The molecule has 134 valence electrons. The molecule has 6 heteroatoms. The van der Waals surface area contributed by atoms with Crippen molar-refractivity contribution in [1.29, 1.82) is 0 Å². The zero-order valence-electron chi connectivity index (χ0n) is 15.0. The van der Waals surface area contributed by atoms with E-state index in [0.717, 1.165) is 0 Å². The second kappa shape index (κ2) is 5.58. The van der Waals surface area contributed by atoms with Gasteiger partial charge in [-0.25, -0.2) is 0 Å². The summed E-state index contributed by atoms with van der Waals surface area (Å²) in [5.74, 6) is -1.01. The van der Waals surface area contributed by atoms with E-state index < -0.39 is 34.1 Å². The van der Waals surface area contributed by atoms with Crippen LogP contribution in [0, 0.1) is 16.2 Å². The highest BCUT2D eigenvalue weighted by molar-refractivity contribution is 6.15. The Kier molecular flexibility index (Phi) is 3.89. The highest BCUT2D eigenvalue weighted by atomic mass is 16.6. The summed E-state index contributed by atoms with van der Waals surface area (Å²) in [6, 6.07) is 6.95. The van der Waals surface area contributed by atoms with Crippen molar-refractivity contribution in [2.45, 2.75) is 40.5 Å². The molecule has 1 heterocycles. The maximum atomic E-state index is 13.1. The molecule has 1 aliphatic carbocycles. The Morgan fingerprint density at radius 1 is 1.12 bits per heavy atom. The molecule has 1 aliphatic heterocycles. The first-order valence-corrected chi connectivity index (χ1v) is 8.50. The van der Waals surface area contributed by atoms with Crippen molar-refractivity contribution in [2.24, 2.45) is 16.2 Å². The molecule has 1 N–H and O–H groups in total. The molecule has 2 atom stereocenters. The number of ether oxygens (including phenoxy) is 2. The van der Waals surface area contributed by atoms with Crippen molar-refractivity contribution in [1.82, 2.24) is 0 Å². The van der Waals surface area contributed by atoms with Gasteiger partial charge >= 0.3 is 11.9 Å². The standard InChI is InChI=1S/C19H23NO5/c1-5-24-13-8-6-12(7-9-13)20-14(21)19-11-10-18(4,17(19,2)3)15(22)25-16(19)23/h6-9H,5,10-11H2,1-4H3,(H,20,21). The van der Waals surface area contributed by atoms with Crippen molar-refractivity contribution < 1.29 is 23.9 Å². The molecule has 0 spiro atoms. The van der Waals surface area contributed by atoms with E-state index in [-0.39, 0.29) is 0 Å². The Labute approximate surface area is 146 Å². The second-order valence-electron chi connectivity index (χ2n) is 7.45. The number of benzene rings is 1. The molecule has 1 saturated heterocycles. The summed E-state index contributed by atoms with van der Waals surface area (Å²) in [7, 11) is 0. The first kappa shape index (κ1) is 17.5. The summed E-state index contributed by atoms with van der Waals surface area (Å²) >= 11 is 0. The third-order valence-corrected chi connectivity index (χ3v) is 6.24. The topological polar surface area (TPSA) is 81.7 Å². The number of esters is 2. The van der Waals surface area contributed by atoms with E-state index in [4.69, 9.17) is 9.47 Å². The predicted octanol–water partition coefficient (Wildman–Crippen LogP) is 2.92. The van der Waals surface area contributed by atoms with E-state index in [0.29, 0.717) is 30.9 Å². The van der Waals surface area contributed by atoms with Gasteiger partial charge < -0.3 is 14.8 Å². The van der Waals surface area contributed by atoms with Crippen LogP contribution in [0.25, 0.3) is 0 Å². The molecule has 2 fully saturated rings. The Morgan fingerprint density at radius 2 is 1.76 bits per heavy atom. The first-order valence-electron chi connectivity index (χ1n) is 8.50. The van der Waals surface area contributed by atoms with Crippen LogP contribution < -0.4 is 10.1 Å². The number of hydrogen-bond donors (Lipinski definition) is 1. The zero-order valence-corrected chi connectivity index (χ0v) is 15.0. The summed E-state index contributed by atoms with van der Waals surface area (Å²) in [6.45, 7) is 7.82. The van der Waals surface area contributed by atoms with E-state index >= 15 is 0 Å². The molecule has 1 amide bonds. The third-order valence-electron chi connectivity index (χ3n) is 6.24. The van der Waals surface area contributed by atoms with Crippen molar-refractivity contribution >= 4 is 23.5 Å². The molecular formula is C19H23NO5. The maximum Gasteiger partial charge on any atom is 0.329 e. The van der Waals surface area contributed by atoms with Crippen molar-refractivity contribution in [2.75, 3.05) is 11.9 Å². The fraction of sp³-hybridized carbons (Fsp3) is 0.526. The minimum absolute atomic E-state index is 0.296. The molecule has 2 unspecified atom stereocenters. The number of rotatable bonds is 4. The number of carbonyl (C=O) groups is 3. The summed E-state index contributed by atoms with van der Waals surface area (Å²) in [5.41, 5.74) is -2.48. The molecule has 1 aromatic rings. The van der Waals surface area contributed by atoms with Gasteiger partial charge in [-0.3, -0.25) is 14.4 Å². The summed E-state index contributed by atoms with van der Waals surface area (Å²) in [4.78, 5) is 37.9. The van der Waals surface area contributed by atoms with Crippen LogP contribution in [0.15, 0.2) is 24.3 Å². The van der Waals surface area contributed by atoms with E-state index in [9.17, 15) is 14.4 Å². The van der Waals surface area contributed by atoms with Crippen molar-refractivity contribution in [3.63, 3.8) is 0 Å². The molecule has 6 nitrogen and oxygen atoms in total. The monoisotopic (exact) mass is 345 g/mol. The molecular weight excluding hydrogens is 322 g/mol. The summed E-state index contributed by atoms with van der Waals surface area (Å²) < 4.78 is 10.3. The first-order chi connectivity index (χ1) is 11.7. The average molecular weight is 345 g/mol. The van der Waals surface area contributed by atoms with Crippen LogP contribution in [0.1, 0.15) is 40.5 Å². The van der Waals surface area contributed by atoms with Gasteiger partial charge in [0.2, 0.25) is 5.91 Å². The number of anilines is 1.